The van der Waals surface area contributed by atoms with Gasteiger partial charge in [-0.15, -0.1) is 0 Å². The van der Waals surface area contributed by atoms with Crippen LogP contribution in [-0.4, -0.2) is 13.2 Å². The molecule has 2 aliphatic rings. The number of allylic oxidation sites excluding steroid dienone is 2. The second kappa shape index (κ2) is 5.61. The first-order chi connectivity index (χ1) is 8.30. The van der Waals surface area contributed by atoms with Crippen LogP contribution in [0.2, 0.25) is 0 Å². The normalized spacial score (nSPS) is 36.1. The van der Waals surface area contributed by atoms with Crippen molar-refractivity contribution >= 4 is 0 Å². The zero-order chi connectivity index (χ0) is 12.1. The summed E-state index contributed by atoms with van der Waals surface area (Å²) in [7, 11) is 0. The maximum absolute atomic E-state index is 5.67. The highest BCUT2D eigenvalue weighted by Gasteiger charge is 2.51. The van der Waals surface area contributed by atoms with Gasteiger partial charge in [0.25, 0.3) is 0 Å². The van der Waals surface area contributed by atoms with Crippen LogP contribution in [0.4, 0.5) is 0 Å². The summed E-state index contributed by atoms with van der Waals surface area (Å²) >= 11 is 0. The quantitative estimate of drug-likeness (QED) is 0.651. The molecule has 0 saturated heterocycles. The molecule has 0 spiro atoms. The summed E-state index contributed by atoms with van der Waals surface area (Å²) in [6.07, 6.45) is 13.0. The third-order valence-corrected chi connectivity index (χ3v) is 4.31. The van der Waals surface area contributed by atoms with Crippen molar-refractivity contribution in [2.45, 2.75) is 39.5 Å². The minimum Gasteiger partial charge on any atom is -0.501 e. The molecule has 2 unspecified atom stereocenters. The van der Waals surface area contributed by atoms with E-state index in [2.05, 4.69) is 0 Å². The van der Waals surface area contributed by atoms with Crippen LogP contribution >= 0.6 is 0 Å². The highest BCUT2D eigenvalue weighted by Crippen LogP contribution is 2.56. The van der Waals surface area contributed by atoms with Crippen molar-refractivity contribution < 1.29 is 9.47 Å². The van der Waals surface area contributed by atoms with Gasteiger partial charge < -0.3 is 9.47 Å². The standard InChI is InChI=1S/C15H24O2/c1-3-7-16-11-15(12-17-8-4-2)10-13-5-6-14(15)9-13/h3-4,7-8,13-14H,5-6,9-12H2,1-2H3. The molecule has 0 aromatic rings. The molecule has 0 heterocycles. The minimum atomic E-state index is 0.266. The Labute approximate surface area is 105 Å². The molecule has 0 aromatic heterocycles. The average Bonchev–Trinajstić information content (AvgIpc) is 2.90. The van der Waals surface area contributed by atoms with Crippen molar-refractivity contribution in [1.82, 2.24) is 0 Å². The van der Waals surface area contributed by atoms with Crippen molar-refractivity contribution in [2.75, 3.05) is 13.2 Å². The Kier molecular flexibility index (Phi) is 4.14. The molecule has 2 heteroatoms. The van der Waals surface area contributed by atoms with E-state index in [1.165, 1.54) is 25.7 Å². The average molecular weight is 236 g/mol. The van der Waals surface area contributed by atoms with Gasteiger partial charge in [-0.1, -0.05) is 18.6 Å². The zero-order valence-electron chi connectivity index (χ0n) is 11.0. The Morgan fingerprint density at radius 1 is 1.06 bits per heavy atom. The van der Waals surface area contributed by atoms with Gasteiger partial charge in [0.2, 0.25) is 0 Å². The molecule has 2 saturated carbocycles. The maximum Gasteiger partial charge on any atom is 0.0964 e. The topological polar surface area (TPSA) is 18.5 Å². The van der Waals surface area contributed by atoms with Crippen molar-refractivity contribution in [1.29, 1.82) is 0 Å². The molecule has 2 fully saturated rings. The zero-order valence-corrected chi connectivity index (χ0v) is 11.0. The molecular formula is C15H24O2. The van der Waals surface area contributed by atoms with Crippen molar-refractivity contribution in [3.05, 3.63) is 24.7 Å². The summed E-state index contributed by atoms with van der Waals surface area (Å²) < 4.78 is 11.3. The Balaban J connectivity index is 1.96. The second-order valence-electron chi connectivity index (χ2n) is 5.50. The van der Waals surface area contributed by atoms with Crippen LogP contribution in [0.15, 0.2) is 24.7 Å². The molecule has 0 amide bonds. The van der Waals surface area contributed by atoms with Crippen LogP contribution in [0.25, 0.3) is 0 Å². The highest BCUT2D eigenvalue weighted by molar-refractivity contribution is 5.01. The van der Waals surface area contributed by atoms with Gasteiger partial charge in [-0.25, -0.2) is 0 Å². The van der Waals surface area contributed by atoms with Gasteiger partial charge in [-0.3, -0.25) is 0 Å². The molecule has 2 aliphatic carbocycles. The number of fused-ring (bicyclic) bond motifs is 2. The van der Waals surface area contributed by atoms with E-state index < -0.39 is 0 Å². The lowest BCUT2D eigenvalue weighted by Crippen LogP contribution is -2.36. The molecule has 0 N–H and O–H groups in total. The van der Waals surface area contributed by atoms with Crippen molar-refractivity contribution in [3.8, 4) is 0 Å². The van der Waals surface area contributed by atoms with Crippen LogP contribution < -0.4 is 0 Å². The summed E-state index contributed by atoms with van der Waals surface area (Å²) in [6, 6.07) is 0. The molecule has 0 aliphatic heterocycles. The molecule has 17 heavy (non-hydrogen) atoms. The second-order valence-corrected chi connectivity index (χ2v) is 5.50. The first-order valence-electron chi connectivity index (χ1n) is 6.76. The molecule has 96 valence electrons. The van der Waals surface area contributed by atoms with Crippen LogP contribution in [0.1, 0.15) is 39.5 Å². The summed E-state index contributed by atoms with van der Waals surface area (Å²) in [6.45, 7) is 5.61. The van der Waals surface area contributed by atoms with Gasteiger partial charge in [0, 0.05) is 5.41 Å². The third kappa shape index (κ3) is 2.67. The predicted octanol–water partition coefficient (Wildman–Crippen LogP) is 3.89. The van der Waals surface area contributed by atoms with Gasteiger partial charge in [0.05, 0.1) is 25.7 Å². The Morgan fingerprint density at radius 3 is 2.12 bits per heavy atom. The Morgan fingerprint density at radius 2 is 1.71 bits per heavy atom. The monoisotopic (exact) mass is 236 g/mol. The molecule has 2 atom stereocenters. The lowest BCUT2D eigenvalue weighted by molar-refractivity contribution is -0.00351. The van der Waals surface area contributed by atoms with Crippen LogP contribution in [0, 0.1) is 17.3 Å². The number of hydrogen-bond acceptors (Lipinski definition) is 2. The number of ether oxygens (including phenoxy) is 2. The van der Waals surface area contributed by atoms with Crippen LogP contribution in [-0.2, 0) is 9.47 Å². The number of rotatable bonds is 6. The maximum atomic E-state index is 5.67. The van der Waals surface area contributed by atoms with Gasteiger partial charge >= 0.3 is 0 Å². The van der Waals surface area contributed by atoms with E-state index in [9.17, 15) is 0 Å². The van der Waals surface area contributed by atoms with E-state index in [0.29, 0.717) is 0 Å². The largest absolute Gasteiger partial charge is 0.501 e. The fourth-order valence-electron chi connectivity index (χ4n) is 3.57. The molecule has 2 nitrogen and oxygen atoms in total. The molecule has 2 rings (SSSR count). The van der Waals surface area contributed by atoms with Gasteiger partial charge in [-0.05, 0) is 44.9 Å². The van der Waals surface area contributed by atoms with Crippen LogP contribution in [0.3, 0.4) is 0 Å². The van der Waals surface area contributed by atoms with E-state index >= 15 is 0 Å². The number of hydrogen-bond donors (Lipinski definition) is 0. The molecule has 0 aromatic carbocycles. The third-order valence-electron chi connectivity index (χ3n) is 4.31. The molecule has 0 radical (unpaired) electrons. The van der Waals surface area contributed by atoms with Crippen molar-refractivity contribution in [2.24, 2.45) is 17.3 Å². The van der Waals surface area contributed by atoms with Gasteiger partial charge in [0.15, 0.2) is 0 Å². The minimum absolute atomic E-state index is 0.266. The summed E-state index contributed by atoms with van der Waals surface area (Å²) in [5, 5.41) is 0. The van der Waals surface area contributed by atoms with E-state index in [0.717, 1.165) is 25.0 Å². The first kappa shape index (κ1) is 12.5. The fraction of sp³-hybridized carbons (Fsp3) is 0.733. The Bertz CT molecular complexity index is 277. The van der Waals surface area contributed by atoms with Gasteiger partial charge in [0.1, 0.15) is 0 Å². The molecular weight excluding hydrogens is 212 g/mol. The predicted molar refractivity (Wildman–Crippen MR) is 69.4 cm³/mol. The summed E-state index contributed by atoms with van der Waals surface area (Å²) in [5.74, 6) is 1.73. The summed E-state index contributed by atoms with van der Waals surface area (Å²) in [5.41, 5.74) is 0.266. The highest BCUT2D eigenvalue weighted by atomic mass is 16.5. The van der Waals surface area contributed by atoms with Gasteiger partial charge in [-0.2, -0.15) is 0 Å². The molecule has 2 bridgehead atoms. The lowest BCUT2D eigenvalue weighted by Gasteiger charge is -2.36. The smallest absolute Gasteiger partial charge is 0.0964 e. The van der Waals surface area contributed by atoms with E-state index in [1.54, 1.807) is 0 Å². The first-order valence-corrected chi connectivity index (χ1v) is 6.76. The Hall–Kier alpha value is -0.920. The summed E-state index contributed by atoms with van der Waals surface area (Å²) in [4.78, 5) is 0. The van der Waals surface area contributed by atoms with Crippen molar-refractivity contribution in [3.63, 3.8) is 0 Å². The van der Waals surface area contributed by atoms with E-state index in [-0.39, 0.29) is 5.41 Å². The fourth-order valence-corrected chi connectivity index (χ4v) is 3.57. The van der Waals surface area contributed by atoms with E-state index in [1.807, 2.05) is 38.5 Å². The lowest BCUT2D eigenvalue weighted by atomic mass is 9.74. The SMILES string of the molecule is CC=COCC1(COC=CC)CC2CCC1C2. The van der Waals surface area contributed by atoms with Crippen LogP contribution in [0.5, 0.6) is 0 Å². The van der Waals surface area contributed by atoms with E-state index in [4.69, 9.17) is 9.47 Å².